The van der Waals surface area contributed by atoms with E-state index in [2.05, 4.69) is 43.5 Å². The van der Waals surface area contributed by atoms with E-state index in [1.807, 2.05) is 6.20 Å². The second kappa shape index (κ2) is 5.41. The number of aliphatic hydroxyl groups is 1. The molecule has 2 rings (SSSR count). The molecule has 1 N–H and O–H groups in total. The van der Waals surface area contributed by atoms with Gasteiger partial charge in [0.15, 0.2) is 5.78 Å². The summed E-state index contributed by atoms with van der Waals surface area (Å²) in [5.41, 5.74) is 3.13. The Bertz CT molecular complexity index is 632. The monoisotopic (exact) mass is 273 g/mol. The number of Topliss-reactive ketones (excluding diaryl/α,β-unsaturated/α-hetero) is 1. The summed E-state index contributed by atoms with van der Waals surface area (Å²) in [5.74, 6) is 0.0869. The van der Waals surface area contributed by atoms with Crippen LogP contribution < -0.4 is 0 Å². The molecule has 0 spiro atoms. The Hall–Kier alpha value is -1.61. The SMILES string of the molecule is CC(=O)c1cn(CCCO)c2ccc(C(C)(C)C)cc12. The van der Waals surface area contributed by atoms with Crippen LogP contribution in [-0.4, -0.2) is 22.1 Å². The van der Waals surface area contributed by atoms with Gasteiger partial charge in [-0.15, -0.1) is 0 Å². The predicted molar refractivity (Wildman–Crippen MR) is 82.3 cm³/mol. The molecule has 0 aliphatic rings. The molecule has 0 fully saturated rings. The van der Waals surface area contributed by atoms with Gasteiger partial charge in [-0.1, -0.05) is 26.8 Å². The summed E-state index contributed by atoms with van der Waals surface area (Å²) < 4.78 is 2.06. The number of carbonyl (C=O) groups is 1. The Morgan fingerprint density at radius 3 is 2.55 bits per heavy atom. The minimum atomic E-state index is 0.0649. The maximum Gasteiger partial charge on any atom is 0.161 e. The second-order valence-corrected chi connectivity index (χ2v) is 6.35. The molecule has 1 aromatic carbocycles. The van der Waals surface area contributed by atoms with Crippen LogP contribution in [0.5, 0.6) is 0 Å². The fourth-order valence-corrected chi connectivity index (χ4v) is 2.47. The molecular weight excluding hydrogens is 250 g/mol. The zero-order valence-corrected chi connectivity index (χ0v) is 12.7. The summed E-state index contributed by atoms with van der Waals surface area (Å²) in [6.45, 7) is 9.01. The van der Waals surface area contributed by atoms with Crippen LogP contribution in [0.25, 0.3) is 10.9 Å². The molecule has 2 aromatic rings. The second-order valence-electron chi connectivity index (χ2n) is 6.35. The highest BCUT2D eigenvalue weighted by molar-refractivity contribution is 6.07. The number of rotatable bonds is 4. The van der Waals surface area contributed by atoms with E-state index in [1.54, 1.807) is 6.92 Å². The zero-order chi connectivity index (χ0) is 14.9. The zero-order valence-electron chi connectivity index (χ0n) is 12.7. The van der Waals surface area contributed by atoms with E-state index < -0.39 is 0 Å². The minimum absolute atomic E-state index is 0.0649. The van der Waals surface area contributed by atoms with Crippen molar-refractivity contribution in [2.24, 2.45) is 0 Å². The lowest BCUT2D eigenvalue weighted by molar-refractivity contribution is 0.101. The summed E-state index contributed by atoms with van der Waals surface area (Å²) in [5, 5.41) is 10.0. The van der Waals surface area contributed by atoms with Crippen molar-refractivity contribution in [3.8, 4) is 0 Å². The number of aromatic nitrogens is 1. The lowest BCUT2D eigenvalue weighted by Gasteiger charge is -2.19. The fraction of sp³-hybridized carbons (Fsp3) is 0.471. The van der Waals surface area contributed by atoms with E-state index in [9.17, 15) is 4.79 Å². The summed E-state index contributed by atoms with van der Waals surface area (Å²) in [7, 11) is 0. The van der Waals surface area contributed by atoms with Crippen molar-refractivity contribution in [2.45, 2.75) is 46.1 Å². The van der Waals surface area contributed by atoms with E-state index >= 15 is 0 Å². The Balaban J connectivity index is 2.61. The molecule has 0 saturated carbocycles. The molecule has 0 bridgehead atoms. The Morgan fingerprint density at radius 1 is 1.30 bits per heavy atom. The molecule has 3 nitrogen and oxygen atoms in total. The van der Waals surface area contributed by atoms with Crippen LogP contribution in [0.1, 0.15) is 50.0 Å². The highest BCUT2D eigenvalue weighted by atomic mass is 16.3. The van der Waals surface area contributed by atoms with Gasteiger partial charge in [-0.05, 0) is 36.5 Å². The number of ketones is 1. The number of aliphatic hydroxyl groups excluding tert-OH is 1. The third kappa shape index (κ3) is 2.78. The van der Waals surface area contributed by atoms with Crippen molar-refractivity contribution in [2.75, 3.05) is 6.61 Å². The first-order valence-corrected chi connectivity index (χ1v) is 7.10. The van der Waals surface area contributed by atoms with Gasteiger partial charge in [-0.2, -0.15) is 0 Å². The van der Waals surface area contributed by atoms with Gasteiger partial charge < -0.3 is 9.67 Å². The number of hydrogen-bond donors (Lipinski definition) is 1. The van der Waals surface area contributed by atoms with Crippen LogP contribution in [0.15, 0.2) is 24.4 Å². The quantitative estimate of drug-likeness (QED) is 0.866. The molecule has 0 aliphatic carbocycles. The molecule has 0 radical (unpaired) electrons. The van der Waals surface area contributed by atoms with Crippen molar-refractivity contribution in [3.63, 3.8) is 0 Å². The standard InChI is InChI=1S/C17H23NO2/c1-12(20)15-11-18(8-5-9-19)16-7-6-13(10-14(15)16)17(2,3)4/h6-7,10-11,19H,5,8-9H2,1-4H3. The van der Waals surface area contributed by atoms with Crippen molar-refractivity contribution in [3.05, 3.63) is 35.5 Å². The number of hydrogen-bond acceptors (Lipinski definition) is 2. The van der Waals surface area contributed by atoms with Gasteiger partial charge in [-0.3, -0.25) is 4.79 Å². The smallest absolute Gasteiger partial charge is 0.161 e. The third-order valence-corrected chi connectivity index (χ3v) is 3.68. The Labute approximate surface area is 120 Å². The lowest BCUT2D eigenvalue weighted by Crippen LogP contribution is -2.10. The first-order chi connectivity index (χ1) is 9.34. The van der Waals surface area contributed by atoms with Gasteiger partial charge in [0.2, 0.25) is 0 Å². The highest BCUT2D eigenvalue weighted by Crippen LogP contribution is 2.29. The number of fused-ring (bicyclic) bond motifs is 1. The summed E-state index contributed by atoms with van der Waals surface area (Å²) in [4.78, 5) is 11.8. The van der Waals surface area contributed by atoms with Crippen LogP contribution in [0.3, 0.4) is 0 Å². The van der Waals surface area contributed by atoms with E-state index in [0.717, 1.165) is 23.0 Å². The molecule has 0 amide bonds. The molecule has 1 heterocycles. The van der Waals surface area contributed by atoms with Crippen LogP contribution >= 0.6 is 0 Å². The molecule has 3 heteroatoms. The van der Waals surface area contributed by atoms with Gasteiger partial charge >= 0.3 is 0 Å². The number of nitrogens with zero attached hydrogens (tertiary/aromatic N) is 1. The van der Waals surface area contributed by atoms with E-state index in [0.29, 0.717) is 6.42 Å². The van der Waals surface area contributed by atoms with Crippen molar-refractivity contribution < 1.29 is 9.90 Å². The van der Waals surface area contributed by atoms with Crippen LogP contribution in [0, 0.1) is 0 Å². The predicted octanol–water partition coefficient (Wildman–Crippen LogP) is 3.52. The topological polar surface area (TPSA) is 42.2 Å². The van der Waals surface area contributed by atoms with Crippen LogP contribution in [0.4, 0.5) is 0 Å². The van der Waals surface area contributed by atoms with Crippen molar-refractivity contribution >= 4 is 16.7 Å². The Morgan fingerprint density at radius 2 is 2.00 bits per heavy atom. The minimum Gasteiger partial charge on any atom is -0.396 e. The molecule has 108 valence electrons. The van der Waals surface area contributed by atoms with Gasteiger partial charge in [0, 0.05) is 35.8 Å². The number of aryl methyl sites for hydroxylation is 1. The normalized spacial score (nSPS) is 12.1. The average molecular weight is 273 g/mol. The molecule has 0 aliphatic heterocycles. The summed E-state index contributed by atoms with van der Waals surface area (Å²) >= 11 is 0. The molecule has 0 unspecified atom stereocenters. The molecule has 1 aromatic heterocycles. The molecular formula is C17H23NO2. The van der Waals surface area contributed by atoms with Crippen molar-refractivity contribution in [1.82, 2.24) is 4.57 Å². The fourth-order valence-electron chi connectivity index (χ4n) is 2.47. The van der Waals surface area contributed by atoms with Gasteiger partial charge in [0.1, 0.15) is 0 Å². The number of benzene rings is 1. The lowest BCUT2D eigenvalue weighted by atomic mass is 9.86. The Kier molecular flexibility index (Phi) is 4.00. The first-order valence-electron chi connectivity index (χ1n) is 7.10. The molecule has 20 heavy (non-hydrogen) atoms. The maximum atomic E-state index is 11.8. The highest BCUT2D eigenvalue weighted by Gasteiger charge is 2.17. The first kappa shape index (κ1) is 14.8. The summed E-state index contributed by atoms with van der Waals surface area (Å²) in [6, 6.07) is 6.34. The maximum absolute atomic E-state index is 11.8. The van der Waals surface area contributed by atoms with Gasteiger partial charge in [0.25, 0.3) is 0 Å². The summed E-state index contributed by atoms with van der Waals surface area (Å²) in [6.07, 6.45) is 2.61. The average Bonchev–Trinajstić information content (AvgIpc) is 2.73. The van der Waals surface area contributed by atoms with E-state index in [4.69, 9.17) is 5.11 Å². The van der Waals surface area contributed by atoms with Crippen LogP contribution in [0.2, 0.25) is 0 Å². The van der Waals surface area contributed by atoms with Crippen LogP contribution in [-0.2, 0) is 12.0 Å². The third-order valence-electron chi connectivity index (χ3n) is 3.68. The van der Waals surface area contributed by atoms with Gasteiger partial charge in [-0.25, -0.2) is 0 Å². The molecule has 0 saturated heterocycles. The molecule has 0 atom stereocenters. The van der Waals surface area contributed by atoms with Gasteiger partial charge in [0.05, 0.1) is 0 Å². The van der Waals surface area contributed by atoms with E-state index in [-0.39, 0.29) is 17.8 Å². The number of carbonyl (C=O) groups excluding carboxylic acids is 1. The van der Waals surface area contributed by atoms with E-state index in [1.165, 1.54) is 5.56 Å². The largest absolute Gasteiger partial charge is 0.396 e. The van der Waals surface area contributed by atoms with Crippen molar-refractivity contribution in [1.29, 1.82) is 0 Å².